The molecule has 2 aliphatic rings. The van der Waals surface area contributed by atoms with Crippen molar-refractivity contribution in [3.63, 3.8) is 0 Å². The van der Waals surface area contributed by atoms with Crippen molar-refractivity contribution in [2.24, 2.45) is 0 Å². The molecular weight excluding hydrogens is 464 g/mol. The molecule has 0 aliphatic carbocycles. The van der Waals surface area contributed by atoms with Crippen molar-refractivity contribution < 1.29 is 37.9 Å². The Kier molecular flexibility index (Phi) is 16.2. The second-order valence-electron chi connectivity index (χ2n) is 11.0. The van der Waals surface area contributed by atoms with Crippen LogP contribution >= 0.6 is 0 Å². The predicted molar refractivity (Wildman–Crippen MR) is 142 cm³/mol. The van der Waals surface area contributed by atoms with Crippen LogP contribution in [0, 0.1) is 0 Å². The highest BCUT2D eigenvalue weighted by Crippen LogP contribution is 2.29. The fourth-order valence-electron chi connectivity index (χ4n) is 4.58. The van der Waals surface area contributed by atoms with Crippen LogP contribution < -0.4 is 0 Å². The molecule has 0 aromatic carbocycles. The van der Waals surface area contributed by atoms with E-state index in [0.717, 1.165) is 6.42 Å². The van der Waals surface area contributed by atoms with Gasteiger partial charge in [-0.3, -0.25) is 0 Å². The van der Waals surface area contributed by atoms with Gasteiger partial charge in [0.15, 0.2) is 0 Å². The van der Waals surface area contributed by atoms with Crippen molar-refractivity contribution in [3.8, 4) is 0 Å². The standard InChI is InChI=1S/C15H30O5.C13H26O3/c1-10(2)18-9-13-15(19-11(3)4)14(12(5)20-13)17-8-7-16-6;1-8(2)14-11(6)13-12(15-9(3)4)7-10(5)16-13/h10-15H,7-9H2,1-6H3;8-13H,7H2,1-6H3/t12-,13+,14-,15+;10-,11+,12-,13+/m00/s1. The molecule has 0 spiro atoms. The third kappa shape index (κ3) is 12.5. The lowest BCUT2D eigenvalue weighted by Gasteiger charge is -2.27. The van der Waals surface area contributed by atoms with E-state index in [4.69, 9.17) is 37.9 Å². The SMILES string of the molecule is CC(C)O[C@H]1C[C@H](C)O[C@@H]1[C@@H](C)OC(C)C.COCCO[C@@H]1[C@H](OC(C)C)[C@@H](COC(C)C)O[C@H]1C. The second kappa shape index (κ2) is 17.3. The molecule has 8 atom stereocenters. The zero-order valence-corrected chi connectivity index (χ0v) is 25.0. The molecular formula is C28H56O8. The minimum Gasteiger partial charge on any atom is -0.382 e. The van der Waals surface area contributed by atoms with Crippen LogP contribution in [0.5, 0.6) is 0 Å². The molecule has 0 bridgehead atoms. The van der Waals surface area contributed by atoms with Crippen molar-refractivity contribution in [1.29, 1.82) is 0 Å². The molecule has 216 valence electrons. The zero-order chi connectivity index (χ0) is 27.4. The first-order chi connectivity index (χ1) is 16.8. The summed E-state index contributed by atoms with van der Waals surface area (Å²) in [5.74, 6) is 0. The van der Waals surface area contributed by atoms with E-state index in [1.807, 2.05) is 48.5 Å². The van der Waals surface area contributed by atoms with E-state index in [0.29, 0.717) is 19.8 Å². The maximum atomic E-state index is 6.00. The van der Waals surface area contributed by atoms with E-state index < -0.39 is 0 Å². The summed E-state index contributed by atoms with van der Waals surface area (Å²) in [6, 6.07) is 0. The van der Waals surface area contributed by atoms with E-state index in [1.165, 1.54) is 0 Å². The van der Waals surface area contributed by atoms with Gasteiger partial charge in [0, 0.05) is 13.5 Å². The van der Waals surface area contributed by atoms with Crippen molar-refractivity contribution in [1.82, 2.24) is 0 Å². The quantitative estimate of drug-likeness (QED) is 0.303. The first-order valence-electron chi connectivity index (χ1n) is 13.8. The van der Waals surface area contributed by atoms with E-state index in [2.05, 4.69) is 27.7 Å². The Morgan fingerprint density at radius 2 is 1.39 bits per heavy atom. The van der Waals surface area contributed by atoms with E-state index >= 15 is 0 Å². The summed E-state index contributed by atoms with van der Waals surface area (Å²) < 4.78 is 46.1. The number of hydrogen-bond donors (Lipinski definition) is 0. The molecule has 2 heterocycles. The number of ether oxygens (including phenoxy) is 8. The Morgan fingerprint density at radius 1 is 0.750 bits per heavy atom. The van der Waals surface area contributed by atoms with Crippen LogP contribution in [0.2, 0.25) is 0 Å². The molecule has 0 unspecified atom stereocenters. The fraction of sp³-hybridized carbons (Fsp3) is 1.00. The molecule has 2 aliphatic heterocycles. The van der Waals surface area contributed by atoms with E-state index in [9.17, 15) is 0 Å². The average molecular weight is 521 g/mol. The Bertz CT molecular complexity index is 556. The molecule has 8 heteroatoms. The van der Waals surface area contributed by atoms with Gasteiger partial charge in [-0.25, -0.2) is 0 Å². The monoisotopic (exact) mass is 520 g/mol. The molecule has 0 amide bonds. The molecule has 0 saturated carbocycles. The molecule has 0 radical (unpaired) electrons. The second-order valence-corrected chi connectivity index (χ2v) is 11.0. The normalized spacial score (nSPS) is 31.5. The maximum absolute atomic E-state index is 6.00. The van der Waals surface area contributed by atoms with E-state index in [-0.39, 0.29) is 73.2 Å². The summed E-state index contributed by atoms with van der Waals surface area (Å²) >= 11 is 0. The number of rotatable bonds is 14. The molecule has 36 heavy (non-hydrogen) atoms. The van der Waals surface area contributed by atoms with Gasteiger partial charge >= 0.3 is 0 Å². The molecule has 8 nitrogen and oxygen atoms in total. The van der Waals surface area contributed by atoms with Crippen LogP contribution in [-0.4, -0.2) is 100 Å². The summed E-state index contributed by atoms with van der Waals surface area (Å²) in [5.41, 5.74) is 0. The van der Waals surface area contributed by atoms with Crippen LogP contribution in [0.4, 0.5) is 0 Å². The van der Waals surface area contributed by atoms with Gasteiger partial charge in [-0.15, -0.1) is 0 Å². The van der Waals surface area contributed by atoms with Crippen molar-refractivity contribution in [2.45, 2.75) is 156 Å². The van der Waals surface area contributed by atoms with Crippen LogP contribution in [0.1, 0.15) is 82.6 Å². The van der Waals surface area contributed by atoms with Gasteiger partial charge in [-0.2, -0.15) is 0 Å². The van der Waals surface area contributed by atoms with E-state index in [1.54, 1.807) is 7.11 Å². The lowest BCUT2D eigenvalue weighted by Crippen LogP contribution is -2.41. The van der Waals surface area contributed by atoms with Gasteiger partial charge < -0.3 is 37.9 Å². The summed E-state index contributed by atoms with van der Waals surface area (Å²) in [6.45, 7) is 24.1. The Labute approximate surface area is 220 Å². The summed E-state index contributed by atoms with van der Waals surface area (Å²) in [5, 5.41) is 0. The highest BCUT2D eigenvalue weighted by Gasteiger charge is 2.44. The van der Waals surface area contributed by atoms with Crippen LogP contribution in [-0.2, 0) is 37.9 Å². The van der Waals surface area contributed by atoms with Gasteiger partial charge in [0.05, 0.1) is 68.7 Å². The number of methoxy groups -OCH3 is 1. The highest BCUT2D eigenvalue weighted by molar-refractivity contribution is 4.92. The number of hydrogen-bond acceptors (Lipinski definition) is 8. The van der Waals surface area contributed by atoms with Crippen LogP contribution in [0.3, 0.4) is 0 Å². The zero-order valence-electron chi connectivity index (χ0n) is 25.0. The molecule has 2 rings (SSSR count). The van der Waals surface area contributed by atoms with Gasteiger partial charge in [0.25, 0.3) is 0 Å². The predicted octanol–water partition coefficient (Wildman–Crippen LogP) is 4.79. The molecule has 2 saturated heterocycles. The Balaban J connectivity index is 0.000000369. The summed E-state index contributed by atoms with van der Waals surface area (Å²) in [4.78, 5) is 0. The van der Waals surface area contributed by atoms with Crippen LogP contribution in [0.25, 0.3) is 0 Å². The van der Waals surface area contributed by atoms with Gasteiger partial charge in [0.2, 0.25) is 0 Å². The Hall–Kier alpha value is -0.320. The third-order valence-corrected chi connectivity index (χ3v) is 5.88. The summed E-state index contributed by atoms with van der Waals surface area (Å²) in [7, 11) is 1.67. The average Bonchev–Trinajstić information content (AvgIpc) is 3.25. The van der Waals surface area contributed by atoms with Crippen LogP contribution in [0.15, 0.2) is 0 Å². The van der Waals surface area contributed by atoms with Crippen molar-refractivity contribution >= 4 is 0 Å². The lowest BCUT2D eigenvalue weighted by molar-refractivity contribution is -0.121. The minimum absolute atomic E-state index is 0.00336. The molecule has 0 aromatic heterocycles. The van der Waals surface area contributed by atoms with Gasteiger partial charge in [-0.1, -0.05) is 0 Å². The molecule has 0 aromatic rings. The van der Waals surface area contributed by atoms with Crippen molar-refractivity contribution in [3.05, 3.63) is 0 Å². The Morgan fingerprint density at radius 3 is 1.92 bits per heavy atom. The summed E-state index contributed by atoms with van der Waals surface area (Å²) in [6.07, 6.45) is 2.10. The van der Waals surface area contributed by atoms with Crippen molar-refractivity contribution in [2.75, 3.05) is 26.9 Å². The minimum atomic E-state index is -0.0967. The largest absolute Gasteiger partial charge is 0.382 e. The molecule has 0 N–H and O–H groups in total. The third-order valence-electron chi connectivity index (χ3n) is 5.88. The maximum Gasteiger partial charge on any atom is 0.115 e. The first-order valence-corrected chi connectivity index (χ1v) is 13.8. The smallest absolute Gasteiger partial charge is 0.115 e. The highest BCUT2D eigenvalue weighted by atomic mass is 16.6. The fourth-order valence-corrected chi connectivity index (χ4v) is 4.58. The topological polar surface area (TPSA) is 73.8 Å². The van der Waals surface area contributed by atoms with Gasteiger partial charge in [-0.05, 0) is 76.2 Å². The lowest BCUT2D eigenvalue weighted by atomic mass is 10.1. The molecule has 2 fully saturated rings. The van der Waals surface area contributed by atoms with Gasteiger partial charge in [0.1, 0.15) is 24.4 Å². The first kappa shape index (κ1) is 33.7.